The molecular formula is C17H17NO3. The number of ether oxygens (including phenoxy) is 1. The van der Waals surface area contributed by atoms with Crippen LogP contribution in [0.4, 0.5) is 5.69 Å². The van der Waals surface area contributed by atoms with Crippen LogP contribution in [0.25, 0.3) is 0 Å². The van der Waals surface area contributed by atoms with E-state index in [9.17, 15) is 9.59 Å². The molecule has 108 valence electrons. The number of nitrogens with one attached hydrogen (secondary N) is 1. The van der Waals surface area contributed by atoms with Gasteiger partial charge in [-0.1, -0.05) is 30.3 Å². The smallest absolute Gasteiger partial charge is 0.228 e. The number of amides is 1. The molecular weight excluding hydrogens is 266 g/mol. The van der Waals surface area contributed by atoms with Gasteiger partial charge in [-0.05, 0) is 30.7 Å². The first-order valence-corrected chi connectivity index (χ1v) is 6.78. The fourth-order valence-electron chi connectivity index (χ4n) is 1.98. The Kier molecular flexibility index (Phi) is 5.10. The van der Waals surface area contributed by atoms with E-state index in [-0.39, 0.29) is 12.3 Å². The van der Waals surface area contributed by atoms with E-state index >= 15 is 0 Å². The minimum absolute atomic E-state index is 0.148. The summed E-state index contributed by atoms with van der Waals surface area (Å²) < 4.78 is 5.46. The fraction of sp³-hybridized carbons (Fsp3) is 0.176. The molecule has 0 aliphatic rings. The standard InChI is InChI=1S/C17H17NO3/c1-2-21-16-9-8-14(12-19)10-15(16)18-17(20)11-13-6-4-3-5-7-13/h3-10,12H,2,11H2,1H3,(H,18,20). The molecule has 0 radical (unpaired) electrons. The summed E-state index contributed by atoms with van der Waals surface area (Å²) in [5.41, 5.74) is 1.94. The maximum atomic E-state index is 12.1. The highest BCUT2D eigenvalue weighted by molar-refractivity contribution is 5.94. The van der Waals surface area contributed by atoms with Gasteiger partial charge in [-0.3, -0.25) is 9.59 Å². The van der Waals surface area contributed by atoms with Gasteiger partial charge in [-0.2, -0.15) is 0 Å². The van der Waals surface area contributed by atoms with Crippen molar-refractivity contribution in [1.82, 2.24) is 0 Å². The van der Waals surface area contributed by atoms with Crippen LogP contribution in [0.3, 0.4) is 0 Å². The van der Waals surface area contributed by atoms with Gasteiger partial charge in [0, 0.05) is 5.56 Å². The van der Waals surface area contributed by atoms with E-state index in [1.165, 1.54) is 0 Å². The summed E-state index contributed by atoms with van der Waals surface area (Å²) in [6.45, 7) is 2.35. The minimum atomic E-state index is -0.148. The molecule has 0 fully saturated rings. The predicted molar refractivity (Wildman–Crippen MR) is 81.8 cm³/mol. The summed E-state index contributed by atoms with van der Waals surface area (Å²) >= 11 is 0. The van der Waals surface area contributed by atoms with Gasteiger partial charge in [0.15, 0.2) is 0 Å². The van der Waals surface area contributed by atoms with Crippen LogP contribution in [0.2, 0.25) is 0 Å². The van der Waals surface area contributed by atoms with Crippen molar-refractivity contribution in [3.8, 4) is 5.75 Å². The second-order valence-corrected chi connectivity index (χ2v) is 4.52. The number of aldehydes is 1. The van der Waals surface area contributed by atoms with Crippen molar-refractivity contribution in [2.45, 2.75) is 13.3 Å². The summed E-state index contributed by atoms with van der Waals surface area (Å²) in [7, 11) is 0. The molecule has 4 nitrogen and oxygen atoms in total. The van der Waals surface area contributed by atoms with E-state index in [0.29, 0.717) is 23.6 Å². The molecule has 0 atom stereocenters. The van der Waals surface area contributed by atoms with Crippen LogP contribution < -0.4 is 10.1 Å². The molecule has 2 rings (SSSR count). The number of anilines is 1. The molecule has 21 heavy (non-hydrogen) atoms. The molecule has 1 N–H and O–H groups in total. The van der Waals surface area contributed by atoms with Crippen LogP contribution in [-0.2, 0) is 11.2 Å². The number of carbonyl (C=O) groups is 2. The van der Waals surface area contributed by atoms with Crippen LogP contribution in [-0.4, -0.2) is 18.8 Å². The van der Waals surface area contributed by atoms with Crippen molar-refractivity contribution in [3.05, 3.63) is 59.7 Å². The zero-order valence-electron chi connectivity index (χ0n) is 11.8. The second kappa shape index (κ2) is 7.24. The topological polar surface area (TPSA) is 55.4 Å². The Morgan fingerprint density at radius 1 is 1.19 bits per heavy atom. The average molecular weight is 283 g/mol. The molecule has 0 bridgehead atoms. The van der Waals surface area contributed by atoms with Crippen LogP contribution in [0.15, 0.2) is 48.5 Å². The normalized spacial score (nSPS) is 9.95. The molecule has 0 saturated heterocycles. The predicted octanol–water partition coefficient (Wildman–Crippen LogP) is 3.08. The van der Waals surface area contributed by atoms with Gasteiger partial charge in [0.05, 0.1) is 18.7 Å². The van der Waals surface area contributed by atoms with Gasteiger partial charge in [0.25, 0.3) is 0 Å². The van der Waals surface area contributed by atoms with Crippen LogP contribution in [0, 0.1) is 0 Å². The van der Waals surface area contributed by atoms with Gasteiger partial charge < -0.3 is 10.1 Å². The number of carbonyl (C=O) groups excluding carboxylic acids is 2. The number of hydrogen-bond donors (Lipinski definition) is 1. The third-order valence-electron chi connectivity index (χ3n) is 2.92. The molecule has 0 heterocycles. The Hall–Kier alpha value is -2.62. The van der Waals surface area contributed by atoms with Gasteiger partial charge in [-0.25, -0.2) is 0 Å². The van der Waals surface area contributed by atoms with Gasteiger partial charge in [0.1, 0.15) is 12.0 Å². The lowest BCUT2D eigenvalue weighted by Crippen LogP contribution is -2.15. The number of hydrogen-bond acceptors (Lipinski definition) is 3. The Balaban J connectivity index is 2.13. The Morgan fingerprint density at radius 2 is 1.95 bits per heavy atom. The second-order valence-electron chi connectivity index (χ2n) is 4.52. The molecule has 0 spiro atoms. The zero-order valence-corrected chi connectivity index (χ0v) is 11.8. The van der Waals surface area contributed by atoms with Crippen molar-refractivity contribution in [3.63, 3.8) is 0 Å². The Morgan fingerprint density at radius 3 is 2.62 bits per heavy atom. The van der Waals surface area contributed by atoms with E-state index in [1.54, 1.807) is 18.2 Å². The van der Waals surface area contributed by atoms with E-state index in [1.807, 2.05) is 37.3 Å². The third kappa shape index (κ3) is 4.18. The maximum absolute atomic E-state index is 12.1. The van der Waals surface area contributed by atoms with Crippen molar-refractivity contribution >= 4 is 17.9 Å². The monoisotopic (exact) mass is 283 g/mol. The first kappa shape index (κ1) is 14.8. The summed E-state index contributed by atoms with van der Waals surface area (Å²) in [6, 6.07) is 14.4. The molecule has 0 aliphatic carbocycles. The quantitative estimate of drug-likeness (QED) is 0.829. The summed E-state index contributed by atoms with van der Waals surface area (Å²) in [4.78, 5) is 22.9. The van der Waals surface area contributed by atoms with E-state index in [2.05, 4.69) is 5.32 Å². The molecule has 2 aromatic rings. The highest BCUT2D eigenvalue weighted by atomic mass is 16.5. The molecule has 0 aliphatic heterocycles. The largest absolute Gasteiger partial charge is 0.492 e. The van der Waals surface area contributed by atoms with Crippen molar-refractivity contribution in [1.29, 1.82) is 0 Å². The molecule has 4 heteroatoms. The molecule has 0 aromatic heterocycles. The first-order chi connectivity index (χ1) is 10.2. The highest BCUT2D eigenvalue weighted by Gasteiger charge is 2.09. The third-order valence-corrected chi connectivity index (χ3v) is 2.92. The van der Waals surface area contributed by atoms with Gasteiger partial charge in [-0.15, -0.1) is 0 Å². The fourth-order valence-corrected chi connectivity index (χ4v) is 1.98. The summed E-state index contributed by atoms with van der Waals surface area (Å²) in [5.74, 6) is 0.412. The van der Waals surface area contributed by atoms with E-state index in [0.717, 1.165) is 11.8 Å². The summed E-state index contributed by atoms with van der Waals surface area (Å²) in [6.07, 6.45) is 1.01. The van der Waals surface area contributed by atoms with Crippen LogP contribution in [0.1, 0.15) is 22.8 Å². The number of rotatable bonds is 6. The molecule has 2 aromatic carbocycles. The van der Waals surface area contributed by atoms with Gasteiger partial charge >= 0.3 is 0 Å². The summed E-state index contributed by atoms with van der Waals surface area (Å²) in [5, 5.41) is 2.80. The lowest BCUT2D eigenvalue weighted by Gasteiger charge is -2.12. The van der Waals surface area contributed by atoms with E-state index < -0.39 is 0 Å². The van der Waals surface area contributed by atoms with Gasteiger partial charge in [0.2, 0.25) is 5.91 Å². The molecule has 1 amide bonds. The minimum Gasteiger partial charge on any atom is -0.492 e. The van der Waals surface area contributed by atoms with Crippen molar-refractivity contribution < 1.29 is 14.3 Å². The lowest BCUT2D eigenvalue weighted by molar-refractivity contribution is -0.115. The number of benzene rings is 2. The van der Waals surface area contributed by atoms with Crippen molar-refractivity contribution in [2.24, 2.45) is 0 Å². The average Bonchev–Trinajstić information content (AvgIpc) is 2.50. The lowest BCUT2D eigenvalue weighted by atomic mass is 10.1. The Labute approximate surface area is 123 Å². The molecule has 0 saturated carbocycles. The first-order valence-electron chi connectivity index (χ1n) is 6.78. The van der Waals surface area contributed by atoms with Crippen LogP contribution in [0.5, 0.6) is 5.75 Å². The van der Waals surface area contributed by atoms with E-state index in [4.69, 9.17) is 4.74 Å². The zero-order chi connectivity index (χ0) is 15.1. The highest BCUT2D eigenvalue weighted by Crippen LogP contribution is 2.25. The SMILES string of the molecule is CCOc1ccc(C=O)cc1NC(=O)Cc1ccccc1. The van der Waals surface area contributed by atoms with Crippen molar-refractivity contribution in [2.75, 3.05) is 11.9 Å². The molecule has 0 unspecified atom stereocenters. The maximum Gasteiger partial charge on any atom is 0.228 e. The Bertz CT molecular complexity index is 623. The van der Waals surface area contributed by atoms with Crippen LogP contribution >= 0.6 is 0 Å².